The van der Waals surface area contributed by atoms with E-state index in [9.17, 15) is 33.0 Å². The highest BCUT2D eigenvalue weighted by molar-refractivity contribution is 6.51. The number of aliphatic hydroxyl groups excluding tert-OH is 1. The summed E-state index contributed by atoms with van der Waals surface area (Å²) in [4.78, 5) is 27.7. The molecule has 0 saturated carbocycles. The lowest BCUT2D eigenvalue weighted by atomic mass is 9.94. The Morgan fingerprint density at radius 2 is 1.62 bits per heavy atom. The van der Waals surface area contributed by atoms with Crippen molar-refractivity contribution in [3.63, 3.8) is 0 Å². The van der Waals surface area contributed by atoms with Crippen LogP contribution in [0.2, 0.25) is 0 Å². The highest BCUT2D eigenvalue weighted by atomic mass is 19.4. The van der Waals surface area contributed by atoms with E-state index >= 15 is 0 Å². The summed E-state index contributed by atoms with van der Waals surface area (Å²) < 4.78 is 48.6. The van der Waals surface area contributed by atoms with Gasteiger partial charge >= 0.3 is 6.36 Å². The Hall–Kier alpha value is -5.25. The quantitative estimate of drug-likeness (QED) is 0.143. The molecule has 1 aliphatic rings. The van der Waals surface area contributed by atoms with Crippen molar-refractivity contribution in [2.75, 3.05) is 4.90 Å². The number of alkyl halides is 3. The molecular formula is C32H24F3NO6. The van der Waals surface area contributed by atoms with E-state index in [1.807, 2.05) is 30.3 Å². The van der Waals surface area contributed by atoms with E-state index in [0.29, 0.717) is 23.5 Å². The van der Waals surface area contributed by atoms with Gasteiger partial charge in [0.05, 0.1) is 11.6 Å². The molecule has 0 radical (unpaired) electrons. The minimum Gasteiger partial charge on any atom is -0.508 e. The number of hydrogen-bond acceptors (Lipinski definition) is 6. The molecule has 1 amide bonds. The Kier molecular flexibility index (Phi) is 7.62. The van der Waals surface area contributed by atoms with E-state index < -0.39 is 35.6 Å². The fourth-order valence-corrected chi connectivity index (χ4v) is 4.75. The van der Waals surface area contributed by atoms with Gasteiger partial charge in [-0.3, -0.25) is 14.5 Å². The first kappa shape index (κ1) is 28.3. The number of aliphatic hydroxyl groups is 1. The van der Waals surface area contributed by atoms with Gasteiger partial charge in [0.25, 0.3) is 11.7 Å². The molecular weight excluding hydrogens is 551 g/mol. The highest BCUT2D eigenvalue weighted by Crippen LogP contribution is 2.43. The topological polar surface area (TPSA) is 96.3 Å². The molecule has 1 aliphatic heterocycles. The molecule has 1 atom stereocenters. The number of hydrogen-bond donors (Lipinski definition) is 2. The standard InChI is InChI=1S/C32H24F3NO6/c1-19-16-22(12-15-26(19)41-18-20-6-3-2-4-7-20)29(38)27-28(21-10-13-24(37)14-11-21)36(31(40)30(27)39)23-8-5-9-25(17-23)42-32(33,34)35/h2-17,28,37-38H,18H2,1H3/b29-27+. The first-order valence-corrected chi connectivity index (χ1v) is 12.8. The third kappa shape index (κ3) is 5.92. The molecule has 1 saturated heterocycles. The number of amides is 1. The number of Topliss-reactive ketones (excluding diaryl/α,β-unsaturated/α-hetero) is 1. The molecule has 214 valence electrons. The van der Waals surface area contributed by atoms with E-state index in [-0.39, 0.29) is 22.6 Å². The minimum absolute atomic E-state index is 0.0585. The summed E-state index contributed by atoms with van der Waals surface area (Å²) in [7, 11) is 0. The van der Waals surface area contributed by atoms with Crippen molar-refractivity contribution in [1.82, 2.24) is 0 Å². The van der Waals surface area contributed by atoms with Crippen LogP contribution in [0.25, 0.3) is 5.76 Å². The smallest absolute Gasteiger partial charge is 0.508 e. The third-order valence-corrected chi connectivity index (χ3v) is 6.67. The average Bonchev–Trinajstić information content (AvgIpc) is 3.22. The van der Waals surface area contributed by atoms with Gasteiger partial charge in [-0.05, 0) is 66.1 Å². The molecule has 1 unspecified atom stereocenters. The first-order chi connectivity index (χ1) is 20.0. The monoisotopic (exact) mass is 575 g/mol. The van der Waals surface area contributed by atoms with Gasteiger partial charge in [-0.2, -0.15) is 0 Å². The van der Waals surface area contributed by atoms with Crippen LogP contribution in [0.4, 0.5) is 18.9 Å². The van der Waals surface area contributed by atoms with Crippen LogP contribution in [-0.4, -0.2) is 28.3 Å². The zero-order valence-corrected chi connectivity index (χ0v) is 22.1. The van der Waals surface area contributed by atoms with Crippen LogP contribution >= 0.6 is 0 Å². The number of carbonyl (C=O) groups excluding carboxylic acids is 2. The van der Waals surface area contributed by atoms with Gasteiger partial charge in [0.15, 0.2) is 0 Å². The van der Waals surface area contributed by atoms with E-state index in [4.69, 9.17) is 4.74 Å². The molecule has 42 heavy (non-hydrogen) atoms. The van der Waals surface area contributed by atoms with Gasteiger partial charge in [-0.15, -0.1) is 13.2 Å². The maximum atomic E-state index is 13.4. The molecule has 4 aromatic rings. The maximum absolute atomic E-state index is 13.4. The molecule has 1 fully saturated rings. The predicted molar refractivity (Wildman–Crippen MR) is 148 cm³/mol. The summed E-state index contributed by atoms with van der Waals surface area (Å²) in [6, 6.07) is 23.3. The number of ether oxygens (including phenoxy) is 2. The fraction of sp³-hybridized carbons (Fsp3) is 0.125. The zero-order chi connectivity index (χ0) is 30.0. The van der Waals surface area contributed by atoms with Crippen molar-refractivity contribution in [3.8, 4) is 17.2 Å². The van der Waals surface area contributed by atoms with Crippen molar-refractivity contribution in [2.45, 2.75) is 25.9 Å². The van der Waals surface area contributed by atoms with Crippen molar-refractivity contribution in [3.05, 3.63) is 125 Å². The van der Waals surface area contributed by atoms with Gasteiger partial charge in [0.1, 0.15) is 29.6 Å². The number of phenolic OH excluding ortho intramolecular Hbond substituents is 1. The zero-order valence-electron chi connectivity index (χ0n) is 22.1. The molecule has 0 aromatic heterocycles. The summed E-state index contributed by atoms with van der Waals surface area (Å²) in [5.41, 5.74) is 1.85. The molecule has 0 spiro atoms. The van der Waals surface area contributed by atoms with Crippen molar-refractivity contribution in [1.29, 1.82) is 0 Å². The number of halogens is 3. The van der Waals surface area contributed by atoms with Gasteiger partial charge in [-0.1, -0.05) is 48.5 Å². The van der Waals surface area contributed by atoms with Crippen molar-refractivity contribution < 1.29 is 42.4 Å². The third-order valence-electron chi connectivity index (χ3n) is 6.67. The average molecular weight is 576 g/mol. The number of aromatic hydroxyl groups is 1. The Morgan fingerprint density at radius 1 is 0.905 bits per heavy atom. The van der Waals surface area contributed by atoms with Crippen LogP contribution in [-0.2, 0) is 16.2 Å². The first-order valence-electron chi connectivity index (χ1n) is 12.8. The van der Waals surface area contributed by atoms with Crippen LogP contribution in [0.3, 0.4) is 0 Å². The lowest BCUT2D eigenvalue weighted by Crippen LogP contribution is -2.29. The van der Waals surface area contributed by atoms with E-state index in [1.165, 1.54) is 36.4 Å². The molecule has 0 aliphatic carbocycles. The fourth-order valence-electron chi connectivity index (χ4n) is 4.75. The van der Waals surface area contributed by atoms with Crippen LogP contribution in [0, 0.1) is 6.92 Å². The summed E-state index contributed by atoms with van der Waals surface area (Å²) in [5, 5.41) is 21.2. The second kappa shape index (κ2) is 11.3. The second-order valence-electron chi connectivity index (χ2n) is 9.56. The highest BCUT2D eigenvalue weighted by Gasteiger charge is 2.47. The van der Waals surface area contributed by atoms with Crippen molar-refractivity contribution in [2.24, 2.45) is 0 Å². The molecule has 2 N–H and O–H groups in total. The summed E-state index contributed by atoms with van der Waals surface area (Å²) >= 11 is 0. The molecule has 0 bridgehead atoms. The number of phenols is 1. The second-order valence-corrected chi connectivity index (χ2v) is 9.56. The van der Waals surface area contributed by atoms with Crippen molar-refractivity contribution >= 4 is 23.1 Å². The molecule has 10 heteroatoms. The van der Waals surface area contributed by atoms with E-state index in [2.05, 4.69) is 4.74 Å². The van der Waals surface area contributed by atoms with Gasteiger partial charge in [0.2, 0.25) is 0 Å². The summed E-state index contributed by atoms with van der Waals surface area (Å²) in [6.45, 7) is 2.08. The molecule has 5 rings (SSSR count). The molecule has 7 nitrogen and oxygen atoms in total. The number of nitrogens with zero attached hydrogens (tertiary/aromatic N) is 1. The summed E-state index contributed by atoms with van der Waals surface area (Å²) in [5.74, 6) is -2.69. The Bertz CT molecular complexity index is 1670. The molecule has 1 heterocycles. The number of aryl methyl sites for hydroxylation is 1. The number of carbonyl (C=O) groups is 2. The van der Waals surface area contributed by atoms with Crippen LogP contribution in [0.5, 0.6) is 17.2 Å². The Balaban J connectivity index is 1.56. The SMILES string of the molecule is Cc1cc(/C(O)=C2\C(=O)C(=O)N(c3cccc(OC(F)(F)F)c3)C2c2ccc(O)cc2)ccc1OCc1ccccc1. The minimum atomic E-state index is -4.97. The Labute approximate surface area is 238 Å². The van der Waals surface area contributed by atoms with E-state index in [1.54, 1.807) is 25.1 Å². The summed E-state index contributed by atoms with van der Waals surface area (Å²) in [6.07, 6.45) is -4.97. The van der Waals surface area contributed by atoms with Crippen LogP contribution < -0.4 is 14.4 Å². The number of rotatable bonds is 7. The predicted octanol–water partition coefficient (Wildman–Crippen LogP) is 6.80. The number of ketones is 1. The largest absolute Gasteiger partial charge is 0.573 e. The number of anilines is 1. The maximum Gasteiger partial charge on any atom is 0.573 e. The normalized spacial score (nSPS) is 16.5. The lowest BCUT2D eigenvalue weighted by molar-refractivity contribution is -0.274. The van der Waals surface area contributed by atoms with Crippen LogP contribution in [0.15, 0.2) is 103 Å². The van der Waals surface area contributed by atoms with Crippen LogP contribution in [0.1, 0.15) is 28.3 Å². The van der Waals surface area contributed by atoms with Gasteiger partial charge in [-0.25, -0.2) is 0 Å². The molecule has 4 aromatic carbocycles. The van der Waals surface area contributed by atoms with Gasteiger partial charge < -0.3 is 19.7 Å². The van der Waals surface area contributed by atoms with Gasteiger partial charge in [0, 0.05) is 17.3 Å². The van der Waals surface area contributed by atoms with E-state index in [0.717, 1.165) is 22.6 Å². The number of benzene rings is 4. The lowest BCUT2D eigenvalue weighted by Gasteiger charge is -2.26. The Morgan fingerprint density at radius 3 is 2.29 bits per heavy atom.